The fourth-order valence-corrected chi connectivity index (χ4v) is 3.70. The van der Waals surface area contributed by atoms with Gasteiger partial charge in [0.25, 0.3) is 5.91 Å². The van der Waals surface area contributed by atoms with Crippen molar-refractivity contribution in [3.8, 4) is 5.75 Å². The van der Waals surface area contributed by atoms with Crippen LogP contribution in [0.5, 0.6) is 5.75 Å². The highest BCUT2D eigenvalue weighted by molar-refractivity contribution is 5.93. The minimum atomic E-state index is -0.210. The fourth-order valence-electron chi connectivity index (χ4n) is 3.70. The zero-order chi connectivity index (χ0) is 20.5. The minimum Gasteiger partial charge on any atom is -0.494 e. The summed E-state index contributed by atoms with van der Waals surface area (Å²) in [7, 11) is 1.88. The van der Waals surface area contributed by atoms with Crippen LogP contribution in [-0.4, -0.2) is 47.1 Å². The number of benzene rings is 1. The molecule has 2 heterocycles. The Bertz CT molecular complexity index is 787. The fraction of sp³-hybridized carbons (Fsp3) is 0.478. The molecule has 0 saturated carbocycles. The molecular formula is C23H30N2O4. The number of carbonyl (C=O) groups is 2. The van der Waals surface area contributed by atoms with E-state index in [0.717, 1.165) is 31.6 Å². The van der Waals surface area contributed by atoms with Crippen LogP contribution in [0.15, 0.2) is 48.7 Å². The van der Waals surface area contributed by atoms with E-state index in [1.54, 1.807) is 0 Å². The van der Waals surface area contributed by atoms with E-state index in [2.05, 4.69) is 0 Å². The third kappa shape index (κ3) is 6.11. The molecule has 0 bridgehead atoms. The van der Waals surface area contributed by atoms with Gasteiger partial charge in [-0.3, -0.25) is 9.59 Å². The summed E-state index contributed by atoms with van der Waals surface area (Å²) in [6.07, 6.45) is 6.61. The lowest BCUT2D eigenvalue weighted by atomic mass is 9.99. The van der Waals surface area contributed by atoms with Gasteiger partial charge in [-0.05, 0) is 49.9 Å². The summed E-state index contributed by atoms with van der Waals surface area (Å²) in [6.45, 7) is 1.60. The molecule has 1 amide bonds. The van der Waals surface area contributed by atoms with Crippen molar-refractivity contribution in [1.29, 1.82) is 0 Å². The van der Waals surface area contributed by atoms with Crippen LogP contribution < -0.4 is 4.74 Å². The molecule has 6 heteroatoms. The van der Waals surface area contributed by atoms with E-state index in [1.165, 1.54) is 0 Å². The maximum Gasteiger partial charge on any atom is 0.305 e. The Morgan fingerprint density at radius 2 is 1.90 bits per heavy atom. The number of aryl methyl sites for hydroxylation is 1. The van der Waals surface area contributed by atoms with Crippen molar-refractivity contribution in [2.24, 2.45) is 7.05 Å². The standard InChI is InChI=1S/C23H30N2O4/c1-24-15-7-12-21(24)23(27)25-16-6-5-9-19(25)14-18-29-22(26)13-8-17-28-20-10-3-2-4-11-20/h2-4,7,10-12,15,19H,5-6,8-9,13-14,16-18H2,1H3. The molecule has 29 heavy (non-hydrogen) atoms. The molecule has 6 nitrogen and oxygen atoms in total. The molecule has 3 rings (SSSR count). The molecule has 0 aliphatic carbocycles. The molecule has 0 spiro atoms. The molecule has 0 N–H and O–H groups in total. The van der Waals surface area contributed by atoms with Gasteiger partial charge >= 0.3 is 5.97 Å². The van der Waals surface area contributed by atoms with Crippen LogP contribution in [0.25, 0.3) is 0 Å². The molecular weight excluding hydrogens is 368 g/mol. The third-order valence-corrected chi connectivity index (χ3v) is 5.30. The van der Waals surface area contributed by atoms with Crippen LogP contribution in [0.2, 0.25) is 0 Å². The molecule has 1 aliphatic heterocycles. The van der Waals surface area contributed by atoms with Crippen molar-refractivity contribution in [3.63, 3.8) is 0 Å². The van der Waals surface area contributed by atoms with Crippen molar-refractivity contribution in [3.05, 3.63) is 54.4 Å². The van der Waals surface area contributed by atoms with Gasteiger partial charge in [-0.15, -0.1) is 0 Å². The number of amides is 1. The highest BCUT2D eigenvalue weighted by atomic mass is 16.5. The van der Waals surface area contributed by atoms with Gasteiger partial charge in [-0.1, -0.05) is 18.2 Å². The number of piperidine rings is 1. The molecule has 1 saturated heterocycles. The first kappa shape index (κ1) is 21.0. The van der Waals surface area contributed by atoms with Gasteiger partial charge in [0.05, 0.1) is 13.2 Å². The first-order valence-corrected chi connectivity index (χ1v) is 10.4. The average Bonchev–Trinajstić information content (AvgIpc) is 3.18. The Labute approximate surface area is 172 Å². The van der Waals surface area contributed by atoms with Crippen LogP contribution in [0.1, 0.15) is 49.0 Å². The van der Waals surface area contributed by atoms with Crippen LogP contribution in [-0.2, 0) is 16.6 Å². The summed E-state index contributed by atoms with van der Waals surface area (Å²) < 4.78 is 12.8. The Morgan fingerprint density at radius 1 is 1.07 bits per heavy atom. The number of nitrogens with zero attached hydrogens (tertiary/aromatic N) is 2. The Balaban J connectivity index is 1.37. The number of aromatic nitrogens is 1. The lowest BCUT2D eigenvalue weighted by Gasteiger charge is -2.35. The van der Waals surface area contributed by atoms with Crippen molar-refractivity contribution in [2.75, 3.05) is 19.8 Å². The smallest absolute Gasteiger partial charge is 0.305 e. The molecule has 1 aromatic heterocycles. The molecule has 1 aliphatic rings. The van der Waals surface area contributed by atoms with Gasteiger partial charge < -0.3 is 18.9 Å². The summed E-state index contributed by atoms with van der Waals surface area (Å²) >= 11 is 0. The first-order chi connectivity index (χ1) is 14.1. The summed E-state index contributed by atoms with van der Waals surface area (Å²) in [4.78, 5) is 26.8. The highest BCUT2D eigenvalue weighted by Gasteiger charge is 2.28. The highest BCUT2D eigenvalue weighted by Crippen LogP contribution is 2.22. The van der Waals surface area contributed by atoms with Crippen LogP contribution in [0, 0.1) is 0 Å². The second-order valence-corrected chi connectivity index (χ2v) is 7.43. The van der Waals surface area contributed by atoms with E-state index >= 15 is 0 Å². The van der Waals surface area contributed by atoms with Crippen LogP contribution in [0.3, 0.4) is 0 Å². The predicted octanol–water partition coefficient (Wildman–Crippen LogP) is 3.81. The summed E-state index contributed by atoms with van der Waals surface area (Å²) in [6, 6.07) is 13.4. The molecule has 1 aromatic carbocycles. The molecule has 156 valence electrons. The van der Waals surface area contributed by atoms with E-state index in [1.807, 2.05) is 65.2 Å². The van der Waals surface area contributed by atoms with E-state index in [-0.39, 0.29) is 17.9 Å². The molecule has 0 radical (unpaired) electrons. The summed E-state index contributed by atoms with van der Waals surface area (Å²) in [5, 5.41) is 0. The first-order valence-electron chi connectivity index (χ1n) is 10.4. The molecule has 2 aromatic rings. The maximum atomic E-state index is 12.9. The molecule has 1 atom stereocenters. The van der Waals surface area contributed by atoms with E-state index in [0.29, 0.717) is 38.2 Å². The number of para-hydroxylation sites is 1. The zero-order valence-electron chi connectivity index (χ0n) is 17.1. The maximum absolute atomic E-state index is 12.9. The lowest BCUT2D eigenvalue weighted by molar-refractivity contribution is -0.144. The second kappa shape index (κ2) is 10.7. The number of hydrogen-bond acceptors (Lipinski definition) is 4. The Hall–Kier alpha value is -2.76. The van der Waals surface area contributed by atoms with Crippen molar-refractivity contribution >= 4 is 11.9 Å². The average molecular weight is 399 g/mol. The number of carbonyl (C=O) groups excluding carboxylic acids is 2. The number of esters is 1. The van der Waals surface area contributed by atoms with E-state index in [9.17, 15) is 9.59 Å². The number of ether oxygens (including phenoxy) is 2. The molecule has 1 unspecified atom stereocenters. The van der Waals surface area contributed by atoms with Gasteiger partial charge in [0.2, 0.25) is 0 Å². The second-order valence-electron chi connectivity index (χ2n) is 7.43. The minimum absolute atomic E-state index is 0.0617. The quantitative estimate of drug-likeness (QED) is 0.476. The number of rotatable bonds is 9. The van der Waals surface area contributed by atoms with Gasteiger partial charge in [0, 0.05) is 38.7 Å². The summed E-state index contributed by atoms with van der Waals surface area (Å²) in [5.41, 5.74) is 0.701. The predicted molar refractivity (Wildman–Crippen MR) is 111 cm³/mol. The van der Waals surface area contributed by atoms with E-state index in [4.69, 9.17) is 9.47 Å². The monoisotopic (exact) mass is 398 g/mol. The number of likely N-dealkylation sites (tertiary alicyclic amines) is 1. The molecule has 1 fully saturated rings. The topological polar surface area (TPSA) is 60.8 Å². The van der Waals surface area contributed by atoms with Crippen LogP contribution in [0.4, 0.5) is 0 Å². The van der Waals surface area contributed by atoms with Gasteiger partial charge in [-0.2, -0.15) is 0 Å². The Kier molecular flexibility index (Phi) is 7.73. The van der Waals surface area contributed by atoms with Gasteiger partial charge in [0.1, 0.15) is 11.4 Å². The zero-order valence-corrected chi connectivity index (χ0v) is 17.1. The summed E-state index contributed by atoms with van der Waals surface area (Å²) in [5.74, 6) is 0.658. The van der Waals surface area contributed by atoms with Crippen molar-refractivity contribution < 1.29 is 19.1 Å². The van der Waals surface area contributed by atoms with Crippen molar-refractivity contribution in [2.45, 2.75) is 44.6 Å². The van der Waals surface area contributed by atoms with E-state index < -0.39 is 0 Å². The van der Waals surface area contributed by atoms with Crippen LogP contribution >= 0.6 is 0 Å². The lowest BCUT2D eigenvalue weighted by Crippen LogP contribution is -2.44. The largest absolute Gasteiger partial charge is 0.494 e. The van der Waals surface area contributed by atoms with Crippen molar-refractivity contribution in [1.82, 2.24) is 9.47 Å². The normalized spacial score (nSPS) is 16.4. The van der Waals surface area contributed by atoms with Gasteiger partial charge in [0.15, 0.2) is 0 Å². The third-order valence-electron chi connectivity index (χ3n) is 5.30. The number of hydrogen-bond donors (Lipinski definition) is 0. The van der Waals surface area contributed by atoms with Gasteiger partial charge in [-0.25, -0.2) is 0 Å². The Morgan fingerprint density at radius 3 is 2.66 bits per heavy atom. The SMILES string of the molecule is Cn1cccc1C(=O)N1CCCCC1CCOC(=O)CCCOc1ccccc1.